The minimum Gasteiger partial charge on any atom is -0.323 e. The van der Waals surface area contributed by atoms with E-state index in [1.54, 1.807) is 6.20 Å². The van der Waals surface area contributed by atoms with Crippen LogP contribution in [0.5, 0.6) is 0 Å². The van der Waals surface area contributed by atoms with Gasteiger partial charge in [0.25, 0.3) is 0 Å². The van der Waals surface area contributed by atoms with Crippen LogP contribution in [-0.4, -0.2) is 27.9 Å². The smallest absolute Gasteiger partial charge is 0.246 e. The van der Waals surface area contributed by atoms with E-state index in [2.05, 4.69) is 52.8 Å². The molecule has 6 nitrogen and oxygen atoms in total. The molecule has 0 spiro atoms. The second kappa shape index (κ2) is 6.96. The molecule has 20 heavy (non-hydrogen) atoms. The van der Waals surface area contributed by atoms with Gasteiger partial charge in [0.2, 0.25) is 5.91 Å². The molecular formula is C12H13Br2N5O. The Hall–Kier alpha value is -1.25. The van der Waals surface area contributed by atoms with Gasteiger partial charge in [-0.15, -0.1) is 5.10 Å². The standard InChI is InChI=1S/C12H13Br2N5O/c1-15-5-9-6-19(18-17-9)7-12(20)16-11-3-2-8(13)4-10(11)14/h2-4,6,15H,5,7H2,1H3,(H,16,20). The van der Waals surface area contributed by atoms with Crippen molar-refractivity contribution in [2.24, 2.45) is 0 Å². The number of amides is 1. The number of rotatable bonds is 5. The van der Waals surface area contributed by atoms with Crippen molar-refractivity contribution in [1.29, 1.82) is 0 Å². The van der Waals surface area contributed by atoms with E-state index in [0.29, 0.717) is 12.2 Å². The van der Waals surface area contributed by atoms with E-state index in [-0.39, 0.29) is 12.5 Å². The Labute approximate surface area is 133 Å². The fourth-order valence-electron chi connectivity index (χ4n) is 1.61. The average molecular weight is 403 g/mol. The van der Waals surface area contributed by atoms with Gasteiger partial charge in [0.05, 0.1) is 17.6 Å². The summed E-state index contributed by atoms with van der Waals surface area (Å²) >= 11 is 6.76. The van der Waals surface area contributed by atoms with Crippen LogP contribution in [0.15, 0.2) is 33.3 Å². The minimum absolute atomic E-state index is 0.124. The molecule has 2 rings (SSSR count). The van der Waals surface area contributed by atoms with Crippen LogP contribution in [0.1, 0.15) is 5.69 Å². The number of aromatic nitrogens is 3. The first-order valence-corrected chi connectivity index (χ1v) is 7.45. The van der Waals surface area contributed by atoms with E-state index >= 15 is 0 Å². The Kier molecular flexibility index (Phi) is 5.27. The molecule has 0 radical (unpaired) electrons. The molecule has 1 aromatic carbocycles. The second-order valence-corrected chi connectivity index (χ2v) is 5.88. The maximum atomic E-state index is 11.9. The lowest BCUT2D eigenvalue weighted by molar-refractivity contribution is -0.116. The van der Waals surface area contributed by atoms with Gasteiger partial charge >= 0.3 is 0 Å². The van der Waals surface area contributed by atoms with Crippen molar-refractivity contribution in [3.05, 3.63) is 39.0 Å². The highest BCUT2D eigenvalue weighted by Gasteiger charge is 2.08. The van der Waals surface area contributed by atoms with Crippen LogP contribution in [0.2, 0.25) is 0 Å². The number of carbonyl (C=O) groups excluding carboxylic acids is 1. The highest BCUT2D eigenvalue weighted by molar-refractivity contribution is 9.11. The van der Waals surface area contributed by atoms with Gasteiger partial charge in [0.1, 0.15) is 6.54 Å². The number of halogens is 2. The third kappa shape index (κ3) is 4.12. The fourth-order valence-corrected chi connectivity index (χ4v) is 2.75. The predicted molar refractivity (Wildman–Crippen MR) is 83.3 cm³/mol. The number of nitrogens with zero attached hydrogens (tertiary/aromatic N) is 3. The molecule has 0 bridgehead atoms. The molecule has 1 aromatic heterocycles. The van der Waals surface area contributed by atoms with Crippen LogP contribution in [0.25, 0.3) is 0 Å². The van der Waals surface area contributed by atoms with Crippen molar-refractivity contribution >= 4 is 43.5 Å². The molecule has 0 aliphatic rings. The first-order chi connectivity index (χ1) is 9.58. The summed E-state index contributed by atoms with van der Waals surface area (Å²) in [5.41, 5.74) is 1.51. The monoisotopic (exact) mass is 401 g/mol. The van der Waals surface area contributed by atoms with Crippen molar-refractivity contribution in [2.45, 2.75) is 13.1 Å². The Morgan fingerprint density at radius 3 is 2.90 bits per heavy atom. The molecule has 2 aromatic rings. The third-order valence-electron chi connectivity index (χ3n) is 2.45. The molecule has 1 heterocycles. The quantitative estimate of drug-likeness (QED) is 0.803. The molecule has 0 aliphatic heterocycles. The zero-order valence-corrected chi connectivity index (χ0v) is 13.9. The minimum atomic E-state index is -0.158. The number of anilines is 1. The van der Waals surface area contributed by atoms with Gasteiger partial charge in [-0.3, -0.25) is 4.79 Å². The van der Waals surface area contributed by atoms with Gasteiger partial charge in [-0.1, -0.05) is 21.1 Å². The average Bonchev–Trinajstić information content (AvgIpc) is 2.81. The van der Waals surface area contributed by atoms with E-state index in [1.165, 1.54) is 4.68 Å². The topological polar surface area (TPSA) is 71.8 Å². The summed E-state index contributed by atoms with van der Waals surface area (Å²) in [6.07, 6.45) is 1.74. The number of benzene rings is 1. The van der Waals surface area contributed by atoms with E-state index in [4.69, 9.17) is 0 Å². The molecule has 1 amide bonds. The van der Waals surface area contributed by atoms with Crippen LogP contribution >= 0.6 is 31.9 Å². The van der Waals surface area contributed by atoms with Crippen molar-refractivity contribution in [1.82, 2.24) is 20.3 Å². The van der Waals surface area contributed by atoms with Gasteiger partial charge in [0.15, 0.2) is 0 Å². The molecular weight excluding hydrogens is 390 g/mol. The number of carbonyl (C=O) groups is 1. The summed E-state index contributed by atoms with van der Waals surface area (Å²) < 4.78 is 3.26. The number of nitrogens with one attached hydrogen (secondary N) is 2. The lowest BCUT2D eigenvalue weighted by atomic mass is 10.3. The SMILES string of the molecule is CNCc1cn(CC(=O)Nc2ccc(Br)cc2Br)nn1. The van der Waals surface area contributed by atoms with Crippen LogP contribution in [-0.2, 0) is 17.9 Å². The maximum Gasteiger partial charge on any atom is 0.246 e. The van der Waals surface area contributed by atoms with Crippen LogP contribution < -0.4 is 10.6 Å². The number of hydrogen-bond acceptors (Lipinski definition) is 4. The molecule has 8 heteroatoms. The Morgan fingerprint density at radius 1 is 1.40 bits per heavy atom. The first-order valence-electron chi connectivity index (χ1n) is 5.87. The lowest BCUT2D eigenvalue weighted by Gasteiger charge is -2.07. The highest BCUT2D eigenvalue weighted by atomic mass is 79.9. The van der Waals surface area contributed by atoms with Crippen molar-refractivity contribution < 1.29 is 4.79 Å². The molecule has 0 aliphatic carbocycles. The molecule has 0 saturated carbocycles. The first kappa shape index (κ1) is 15.1. The van der Waals surface area contributed by atoms with E-state index < -0.39 is 0 Å². The summed E-state index contributed by atoms with van der Waals surface area (Å²) in [5.74, 6) is -0.158. The van der Waals surface area contributed by atoms with Crippen LogP contribution in [0.3, 0.4) is 0 Å². The lowest BCUT2D eigenvalue weighted by Crippen LogP contribution is -2.19. The third-order valence-corrected chi connectivity index (χ3v) is 3.60. The van der Waals surface area contributed by atoms with Gasteiger partial charge in [-0.2, -0.15) is 0 Å². The van der Waals surface area contributed by atoms with E-state index in [9.17, 15) is 4.79 Å². The van der Waals surface area contributed by atoms with Gasteiger partial charge < -0.3 is 10.6 Å². The number of hydrogen-bond donors (Lipinski definition) is 2. The zero-order chi connectivity index (χ0) is 14.5. The van der Waals surface area contributed by atoms with Gasteiger partial charge in [0, 0.05) is 15.5 Å². The highest BCUT2D eigenvalue weighted by Crippen LogP contribution is 2.26. The van der Waals surface area contributed by atoms with Gasteiger partial charge in [-0.25, -0.2) is 4.68 Å². The van der Waals surface area contributed by atoms with E-state index in [1.807, 2.05) is 25.2 Å². The Morgan fingerprint density at radius 2 is 2.20 bits per heavy atom. The molecule has 0 saturated heterocycles. The summed E-state index contributed by atoms with van der Waals surface area (Å²) in [6.45, 7) is 0.749. The Balaban J connectivity index is 1.97. The molecule has 0 fully saturated rings. The van der Waals surface area contributed by atoms with Crippen LogP contribution in [0, 0.1) is 0 Å². The van der Waals surface area contributed by atoms with Crippen LogP contribution in [0.4, 0.5) is 5.69 Å². The van der Waals surface area contributed by atoms with Crippen molar-refractivity contribution in [3.63, 3.8) is 0 Å². The van der Waals surface area contributed by atoms with Crippen molar-refractivity contribution in [3.8, 4) is 0 Å². The molecule has 0 atom stereocenters. The maximum absolute atomic E-state index is 11.9. The zero-order valence-electron chi connectivity index (χ0n) is 10.7. The Bertz CT molecular complexity index is 614. The predicted octanol–water partition coefficient (Wildman–Crippen LogP) is 2.16. The summed E-state index contributed by atoms with van der Waals surface area (Å²) in [7, 11) is 1.83. The fraction of sp³-hybridized carbons (Fsp3) is 0.250. The van der Waals surface area contributed by atoms with Gasteiger partial charge in [-0.05, 0) is 41.2 Å². The molecule has 0 unspecified atom stereocenters. The van der Waals surface area contributed by atoms with E-state index in [0.717, 1.165) is 14.6 Å². The normalized spacial score (nSPS) is 10.6. The summed E-state index contributed by atoms with van der Waals surface area (Å²) in [5, 5.41) is 13.6. The second-order valence-electron chi connectivity index (χ2n) is 4.11. The molecule has 2 N–H and O–H groups in total. The largest absolute Gasteiger partial charge is 0.323 e. The van der Waals surface area contributed by atoms with Crippen molar-refractivity contribution in [2.75, 3.05) is 12.4 Å². The summed E-state index contributed by atoms with van der Waals surface area (Å²) in [6, 6.07) is 5.55. The summed E-state index contributed by atoms with van der Waals surface area (Å²) in [4.78, 5) is 11.9. The molecule has 106 valence electrons.